The molecule has 0 aliphatic rings. The van der Waals surface area contributed by atoms with E-state index in [0.29, 0.717) is 0 Å². The van der Waals surface area contributed by atoms with Crippen molar-refractivity contribution in [2.75, 3.05) is 0 Å². The molecule has 0 fully saturated rings. The summed E-state index contributed by atoms with van der Waals surface area (Å²) in [5, 5.41) is 0. The van der Waals surface area contributed by atoms with Crippen molar-refractivity contribution in [2.24, 2.45) is 0 Å². The topological polar surface area (TPSA) is 31.5 Å². The Kier molecular flexibility index (Phi) is 3.53. The van der Waals surface area contributed by atoms with Gasteiger partial charge in [-0.2, -0.15) is 0 Å². The van der Waals surface area contributed by atoms with Crippen molar-refractivity contribution >= 4 is 57.2 Å². The second kappa shape index (κ2) is 2.17. The van der Waals surface area contributed by atoms with Gasteiger partial charge in [0.25, 0.3) is 0 Å². The van der Waals surface area contributed by atoms with Gasteiger partial charge < -0.3 is 5.48 Å². The van der Waals surface area contributed by atoms with Crippen LogP contribution >= 0.6 is 57.2 Å². The fraction of sp³-hybridized carbons (Fsp3) is 0. The molecule has 0 saturated heterocycles. The van der Waals surface area contributed by atoms with Crippen LogP contribution in [-0.4, -0.2) is 5.48 Å². The van der Waals surface area contributed by atoms with Gasteiger partial charge in [0, 0.05) is 0 Å². The van der Waals surface area contributed by atoms with Gasteiger partial charge >= 0.3 is 67.0 Å². The Morgan fingerprint density at radius 1 is 0.750 bits per heavy atom. The van der Waals surface area contributed by atoms with Crippen LogP contribution in [0.4, 0.5) is 0 Å². The fourth-order valence-electron chi connectivity index (χ4n) is 0. The summed E-state index contributed by atoms with van der Waals surface area (Å²) >= 11 is 0. The second-order valence-electron chi connectivity index (χ2n) is 0.678. The summed E-state index contributed by atoms with van der Waals surface area (Å²) in [5.41, 5.74) is 0. The van der Waals surface area contributed by atoms with Crippen molar-refractivity contribution < 1.29 is 15.3 Å². The first-order valence-corrected chi connectivity index (χ1v) is 12.7. The van der Waals surface area contributed by atoms with Crippen molar-refractivity contribution in [1.82, 2.24) is 0 Å². The molecular formula is H4Cl6OPd. The average Bonchev–Trinajstić information content (AvgIpc) is 0.592. The Morgan fingerprint density at radius 2 is 0.750 bits per heavy atom. The predicted octanol–water partition coefficient (Wildman–Crippen LogP) is 3.53. The summed E-state index contributed by atoms with van der Waals surface area (Å²) < 4.78 is 0. The van der Waals surface area contributed by atoms with E-state index in [9.17, 15) is 0 Å². The Bertz CT molecular complexity index is 74.3. The third kappa shape index (κ3) is 81.2. The molecule has 2 N–H and O–H groups in total. The van der Waals surface area contributed by atoms with Crippen LogP contribution in [0.1, 0.15) is 2.85 Å². The van der Waals surface area contributed by atoms with Crippen molar-refractivity contribution in [1.29, 1.82) is 0 Å². The van der Waals surface area contributed by atoms with Crippen molar-refractivity contribution in [3.63, 3.8) is 0 Å². The van der Waals surface area contributed by atoms with Gasteiger partial charge in [-0.15, -0.1) is 0 Å². The van der Waals surface area contributed by atoms with Gasteiger partial charge in [0.2, 0.25) is 0 Å². The first-order chi connectivity index (χ1) is 2.45. The standard InChI is InChI=1S/6ClH.H2O.Pd/h6*1H;1H2;/q;;;;;;;+4/p-4. The van der Waals surface area contributed by atoms with E-state index < -0.39 is 6.97 Å². The van der Waals surface area contributed by atoms with E-state index in [4.69, 9.17) is 57.2 Å². The molecule has 0 aromatic rings. The summed E-state index contributed by atoms with van der Waals surface area (Å²) in [6, 6.07) is 0. The molecule has 1 nitrogen and oxygen atoms in total. The quantitative estimate of drug-likeness (QED) is 0.605. The fourth-order valence-corrected chi connectivity index (χ4v) is 0. The molecule has 0 heterocycles. The van der Waals surface area contributed by atoms with Crippen LogP contribution < -0.4 is 0 Å². The molecule has 0 rings (SSSR count). The summed E-state index contributed by atoms with van der Waals surface area (Å²) in [4.78, 5) is 0. The zero-order valence-electron chi connectivity index (χ0n) is 5.08. The Balaban J connectivity index is -0.0000000600. The summed E-state index contributed by atoms with van der Waals surface area (Å²) in [7, 11) is 30.2. The normalized spacial score (nSPS) is 20.2. The van der Waals surface area contributed by atoms with Crippen LogP contribution in [0.25, 0.3) is 0 Å². The number of hydrogen-bond donors (Lipinski definition) is 0. The van der Waals surface area contributed by atoms with Crippen LogP contribution in [0.2, 0.25) is 0 Å². The third-order valence-corrected chi connectivity index (χ3v) is 0. The van der Waals surface area contributed by atoms with E-state index in [1.807, 2.05) is 0 Å². The minimum Gasteiger partial charge on any atom is 1.00 e. The van der Waals surface area contributed by atoms with E-state index >= 15 is 0 Å². The zero-order valence-corrected chi connectivity index (χ0v) is 9.17. The van der Waals surface area contributed by atoms with E-state index in [0.717, 1.165) is 0 Å². The smallest absolute Gasteiger partial charge is 1.00 e. The molecule has 8 heavy (non-hydrogen) atoms. The van der Waals surface area contributed by atoms with Gasteiger partial charge in [-0.05, 0) is 0 Å². The molecule has 0 bridgehead atoms. The molecule has 62 valence electrons. The maximum atomic E-state index is 5.03. The molecule has 0 unspecified atom stereocenters. The van der Waals surface area contributed by atoms with Crippen molar-refractivity contribution in [3.8, 4) is 0 Å². The second-order valence-corrected chi connectivity index (χ2v) is 36.1. The molecule has 0 aromatic heterocycles. The minimum absolute atomic E-state index is 0. The van der Waals surface area contributed by atoms with Gasteiger partial charge in [-0.3, -0.25) is 0 Å². The molecule has 0 aliphatic carbocycles. The third-order valence-electron chi connectivity index (χ3n) is 0. The largest absolute Gasteiger partial charge is 1.00 e. The number of rotatable bonds is 0. The molecule has 0 aliphatic heterocycles. The molecule has 0 saturated carbocycles. The van der Waals surface area contributed by atoms with Gasteiger partial charge in [0.1, 0.15) is 0 Å². The monoisotopic (exact) mass is 336 g/mol. The molecule has 8 heteroatoms. The van der Waals surface area contributed by atoms with Gasteiger partial charge in [-0.25, -0.2) is 0 Å². The van der Waals surface area contributed by atoms with Crippen LogP contribution in [-0.2, 0) is 6.97 Å². The molecule has 0 radical (unpaired) electrons. The summed E-state index contributed by atoms with van der Waals surface area (Å²) in [6.07, 6.45) is 0. The van der Waals surface area contributed by atoms with Crippen LogP contribution in [0.3, 0.4) is 0 Å². The Morgan fingerprint density at radius 3 is 0.750 bits per heavy atom. The van der Waals surface area contributed by atoms with Crippen LogP contribution in [0.15, 0.2) is 0 Å². The van der Waals surface area contributed by atoms with Gasteiger partial charge in [0.15, 0.2) is 0 Å². The molecule has 0 amide bonds. The van der Waals surface area contributed by atoms with Crippen LogP contribution in [0.5, 0.6) is 0 Å². The van der Waals surface area contributed by atoms with E-state index in [2.05, 4.69) is 0 Å². The number of halogens is 6. The average molecular weight is 339 g/mol. The van der Waals surface area contributed by atoms with E-state index in [1.54, 1.807) is 0 Å². The first kappa shape index (κ1) is 13.0. The molecule has 0 atom stereocenters. The summed E-state index contributed by atoms with van der Waals surface area (Å²) in [6.45, 7) is -5.08. The van der Waals surface area contributed by atoms with Gasteiger partial charge in [0.05, 0.1) is 0 Å². The number of hydrogen-bond acceptors (Lipinski definition) is 0. The molecule has 0 spiro atoms. The summed E-state index contributed by atoms with van der Waals surface area (Å²) in [5.74, 6) is 0. The zero-order chi connectivity index (χ0) is 6.41. The van der Waals surface area contributed by atoms with Gasteiger partial charge in [-0.1, -0.05) is 0 Å². The SMILES string of the molecule is O.[Cl][Pd-2]([Cl])([Cl])([Cl])([Cl])[Cl].[H+].[H+]. The van der Waals surface area contributed by atoms with E-state index in [1.165, 1.54) is 0 Å². The Hall–Kier alpha value is 2.36. The maximum Gasteiger partial charge on any atom is 1.00 e. The van der Waals surface area contributed by atoms with Crippen LogP contribution in [0, 0.1) is 0 Å². The molecular weight excluding hydrogens is 335 g/mol. The predicted molar refractivity (Wildman–Crippen MR) is 41.0 cm³/mol. The first-order valence-electron chi connectivity index (χ1n) is 0.717. The Labute approximate surface area is 71.8 Å². The van der Waals surface area contributed by atoms with Crippen molar-refractivity contribution in [2.45, 2.75) is 0 Å². The van der Waals surface area contributed by atoms with Crippen molar-refractivity contribution in [3.05, 3.63) is 0 Å². The van der Waals surface area contributed by atoms with E-state index in [-0.39, 0.29) is 8.33 Å². The molecule has 0 aromatic carbocycles. The maximum absolute atomic E-state index is 5.08. The minimum atomic E-state index is -5.08.